The summed E-state index contributed by atoms with van der Waals surface area (Å²) < 4.78 is 4.25. The summed E-state index contributed by atoms with van der Waals surface area (Å²) in [7, 11) is 2.05. The van der Waals surface area contributed by atoms with Crippen molar-refractivity contribution in [2.45, 2.75) is 26.7 Å². The number of hydrogen-bond acceptors (Lipinski definition) is 3. The van der Waals surface area contributed by atoms with Gasteiger partial charge in [-0.2, -0.15) is 0 Å². The van der Waals surface area contributed by atoms with E-state index in [9.17, 15) is 0 Å². The standard InChI is InChI=1S/C23H25N5/c1-5-17-10-9-15(2)19(14-17)23-26-25-22(13-16(3)24)28(23)21-8-6-7-20-18(21)11-12-27(20)4/h6-12,14H,3,5,13,24H2,1-2,4H3. The van der Waals surface area contributed by atoms with Gasteiger partial charge < -0.3 is 10.3 Å². The Morgan fingerprint density at radius 3 is 2.71 bits per heavy atom. The highest BCUT2D eigenvalue weighted by Crippen LogP contribution is 2.31. The van der Waals surface area contributed by atoms with Gasteiger partial charge in [0.1, 0.15) is 5.82 Å². The van der Waals surface area contributed by atoms with Gasteiger partial charge in [0, 0.05) is 41.8 Å². The molecule has 2 aromatic heterocycles. The molecule has 0 saturated carbocycles. The third kappa shape index (κ3) is 2.99. The van der Waals surface area contributed by atoms with Crippen molar-refractivity contribution in [1.82, 2.24) is 19.3 Å². The number of benzene rings is 2. The lowest BCUT2D eigenvalue weighted by molar-refractivity contribution is 0.894. The van der Waals surface area contributed by atoms with Gasteiger partial charge >= 0.3 is 0 Å². The zero-order chi connectivity index (χ0) is 19.8. The van der Waals surface area contributed by atoms with E-state index in [0.717, 1.165) is 40.2 Å². The van der Waals surface area contributed by atoms with Crippen LogP contribution < -0.4 is 5.73 Å². The minimum Gasteiger partial charge on any atom is -0.402 e. The van der Waals surface area contributed by atoms with Crippen molar-refractivity contribution in [2.75, 3.05) is 0 Å². The summed E-state index contributed by atoms with van der Waals surface area (Å²) in [4.78, 5) is 0. The molecule has 5 heteroatoms. The first-order chi connectivity index (χ1) is 13.5. The topological polar surface area (TPSA) is 61.7 Å². The predicted octanol–water partition coefficient (Wildman–Crippen LogP) is 4.31. The first-order valence-electron chi connectivity index (χ1n) is 9.51. The molecule has 2 aromatic carbocycles. The summed E-state index contributed by atoms with van der Waals surface area (Å²) in [6.45, 7) is 8.14. The molecular weight excluding hydrogens is 346 g/mol. The highest BCUT2D eigenvalue weighted by atomic mass is 15.3. The third-order valence-corrected chi connectivity index (χ3v) is 5.21. The molecule has 0 radical (unpaired) electrons. The molecule has 4 aromatic rings. The maximum atomic E-state index is 5.93. The van der Waals surface area contributed by atoms with E-state index in [1.54, 1.807) is 0 Å². The minimum atomic E-state index is 0.475. The van der Waals surface area contributed by atoms with Gasteiger partial charge in [-0.25, -0.2) is 0 Å². The van der Waals surface area contributed by atoms with Crippen molar-refractivity contribution in [3.63, 3.8) is 0 Å². The highest BCUT2D eigenvalue weighted by Gasteiger charge is 2.19. The number of nitrogens with two attached hydrogens (primary N) is 1. The van der Waals surface area contributed by atoms with Crippen LogP contribution in [0.3, 0.4) is 0 Å². The Morgan fingerprint density at radius 2 is 1.96 bits per heavy atom. The van der Waals surface area contributed by atoms with Crippen LogP contribution >= 0.6 is 0 Å². The van der Waals surface area contributed by atoms with Gasteiger partial charge in [-0.15, -0.1) is 10.2 Å². The van der Waals surface area contributed by atoms with E-state index in [2.05, 4.69) is 95.5 Å². The van der Waals surface area contributed by atoms with Gasteiger partial charge in [0.05, 0.1) is 5.69 Å². The second-order valence-electron chi connectivity index (χ2n) is 7.25. The second kappa shape index (κ2) is 7.00. The first-order valence-corrected chi connectivity index (χ1v) is 9.51. The summed E-state index contributed by atoms with van der Waals surface area (Å²) in [5.41, 5.74) is 12.3. The van der Waals surface area contributed by atoms with Crippen molar-refractivity contribution in [2.24, 2.45) is 12.8 Å². The predicted molar refractivity (Wildman–Crippen MR) is 114 cm³/mol. The Morgan fingerprint density at radius 1 is 1.14 bits per heavy atom. The molecule has 0 aliphatic carbocycles. The number of fused-ring (bicyclic) bond motifs is 1. The van der Waals surface area contributed by atoms with E-state index >= 15 is 0 Å². The van der Waals surface area contributed by atoms with Crippen LogP contribution in [0.15, 0.2) is 60.9 Å². The lowest BCUT2D eigenvalue weighted by Crippen LogP contribution is -2.08. The maximum Gasteiger partial charge on any atom is 0.168 e. The fourth-order valence-electron chi connectivity index (χ4n) is 3.67. The number of allylic oxidation sites excluding steroid dienone is 1. The van der Waals surface area contributed by atoms with Crippen molar-refractivity contribution in [3.05, 3.63) is 77.9 Å². The molecule has 142 valence electrons. The summed E-state index contributed by atoms with van der Waals surface area (Å²) >= 11 is 0. The fraction of sp³-hybridized carbons (Fsp3) is 0.217. The number of aryl methyl sites for hydroxylation is 3. The van der Waals surface area contributed by atoms with E-state index < -0.39 is 0 Å². The van der Waals surface area contributed by atoms with Gasteiger partial charge in [-0.1, -0.05) is 31.7 Å². The Balaban J connectivity index is 2.02. The molecule has 0 saturated heterocycles. The molecule has 2 heterocycles. The zero-order valence-electron chi connectivity index (χ0n) is 16.6. The largest absolute Gasteiger partial charge is 0.402 e. The quantitative estimate of drug-likeness (QED) is 0.568. The third-order valence-electron chi connectivity index (χ3n) is 5.21. The smallest absolute Gasteiger partial charge is 0.168 e. The van der Waals surface area contributed by atoms with Gasteiger partial charge in [0.2, 0.25) is 0 Å². The van der Waals surface area contributed by atoms with Crippen LogP contribution in [0, 0.1) is 6.92 Å². The molecule has 0 fully saturated rings. The van der Waals surface area contributed by atoms with Crippen LogP contribution in [0.4, 0.5) is 0 Å². The number of aromatic nitrogens is 4. The van der Waals surface area contributed by atoms with Crippen molar-refractivity contribution in [3.8, 4) is 17.1 Å². The fourth-order valence-corrected chi connectivity index (χ4v) is 3.67. The first kappa shape index (κ1) is 18.0. The molecule has 0 spiro atoms. The molecule has 4 rings (SSSR count). The van der Waals surface area contributed by atoms with E-state index in [1.807, 2.05) is 0 Å². The van der Waals surface area contributed by atoms with Gasteiger partial charge in [0.15, 0.2) is 5.82 Å². The van der Waals surface area contributed by atoms with Crippen LogP contribution in [0.1, 0.15) is 23.9 Å². The normalized spacial score (nSPS) is 11.2. The lowest BCUT2D eigenvalue weighted by atomic mass is 10.0. The van der Waals surface area contributed by atoms with Crippen LogP contribution in [0.5, 0.6) is 0 Å². The van der Waals surface area contributed by atoms with E-state index in [4.69, 9.17) is 5.73 Å². The summed E-state index contributed by atoms with van der Waals surface area (Å²) in [5, 5.41) is 10.2. The zero-order valence-corrected chi connectivity index (χ0v) is 16.6. The van der Waals surface area contributed by atoms with Crippen molar-refractivity contribution in [1.29, 1.82) is 0 Å². The molecule has 0 aliphatic heterocycles. The van der Waals surface area contributed by atoms with E-state index in [1.165, 1.54) is 11.1 Å². The number of rotatable bonds is 5. The Kier molecular flexibility index (Phi) is 4.51. The lowest BCUT2D eigenvalue weighted by Gasteiger charge is -2.14. The summed E-state index contributed by atoms with van der Waals surface area (Å²) in [5.74, 6) is 1.63. The minimum absolute atomic E-state index is 0.475. The molecular formula is C23H25N5. The molecule has 0 atom stereocenters. The Bertz CT molecular complexity index is 1180. The van der Waals surface area contributed by atoms with Crippen LogP contribution in [-0.4, -0.2) is 19.3 Å². The number of hydrogen-bond donors (Lipinski definition) is 1. The highest BCUT2D eigenvalue weighted by molar-refractivity contribution is 5.89. The van der Waals surface area contributed by atoms with E-state index in [0.29, 0.717) is 12.1 Å². The second-order valence-corrected chi connectivity index (χ2v) is 7.25. The average molecular weight is 371 g/mol. The maximum absolute atomic E-state index is 5.93. The molecule has 0 bridgehead atoms. The molecule has 0 amide bonds. The number of nitrogens with zero attached hydrogens (tertiary/aromatic N) is 4. The summed E-state index contributed by atoms with van der Waals surface area (Å²) in [6, 6.07) is 15.0. The average Bonchev–Trinajstić information content (AvgIpc) is 3.25. The monoisotopic (exact) mass is 371 g/mol. The van der Waals surface area contributed by atoms with Crippen LogP contribution in [0.2, 0.25) is 0 Å². The molecule has 5 nitrogen and oxygen atoms in total. The van der Waals surface area contributed by atoms with Crippen LogP contribution in [0.25, 0.3) is 28.0 Å². The van der Waals surface area contributed by atoms with Gasteiger partial charge in [-0.3, -0.25) is 4.57 Å². The van der Waals surface area contributed by atoms with Crippen molar-refractivity contribution < 1.29 is 0 Å². The molecule has 2 N–H and O–H groups in total. The molecule has 0 aliphatic rings. The molecule has 0 unspecified atom stereocenters. The SMILES string of the molecule is C=C(N)Cc1nnc(-c2cc(CC)ccc2C)n1-c1cccc2c1ccn2C. The Hall–Kier alpha value is -3.34. The Labute approximate surface area is 165 Å². The van der Waals surface area contributed by atoms with Crippen molar-refractivity contribution >= 4 is 10.9 Å². The summed E-state index contributed by atoms with van der Waals surface area (Å²) in [6.07, 6.45) is 3.52. The van der Waals surface area contributed by atoms with E-state index in [-0.39, 0.29) is 0 Å². The van der Waals surface area contributed by atoms with Crippen LogP contribution in [-0.2, 0) is 19.9 Å². The van der Waals surface area contributed by atoms with Gasteiger partial charge in [0.25, 0.3) is 0 Å². The molecule has 28 heavy (non-hydrogen) atoms. The van der Waals surface area contributed by atoms with Gasteiger partial charge in [-0.05, 0) is 48.7 Å².